The van der Waals surface area contributed by atoms with Crippen LogP contribution < -0.4 is 15.4 Å². The van der Waals surface area contributed by atoms with Gasteiger partial charge in [-0.3, -0.25) is 0 Å². The number of hydrogen-bond donors (Lipinski definition) is 2. The molecule has 6 heteroatoms. The Hall–Kier alpha value is -2.34. The van der Waals surface area contributed by atoms with Crippen molar-refractivity contribution in [2.75, 3.05) is 37.8 Å². The van der Waals surface area contributed by atoms with E-state index < -0.39 is 0 Å². The van der Waals surface area contributed by atoms with Crippen molar-refractivity contribution in [2.45, 2.75) is 33.3 Å². The predicted octanol–water partition coefficient (Wildman–Crippen LogP) is 3.68. The predicted molar refractivity (Wildman–Crippen MR) is 104 cm³/mol. The number of anilines is 3. The zero-order valence-corrected chi connectivity index (χ0v) is 15.8. The van der Waals surface area contributed by atoms with Crippen LogP contribution in [0.4, 0.5) is 17.5 Å². The van der Waals surface area contributed by atoms with Crippen LogP contribution in [-0.2, 0) is 0 Å². The van der Waals surface area contributed by atoms with Gasteiger partial charge < -0.3 is 20.3 Å². The lowest BCUT2D eigenvalue weighted by Crippen LogP contribution is -2.17. The van der Waals surface area contributed by atoms with E-state index in [1.165, 1.54) is 0 Å². The summed E-state index contributed by atoms with van der Waals surface area (Å²) in [5.41, 5.74) is 1.81. The summed E-state index contributed by atoms with van der Waals surface area (Å²) >= 11 is 0. The van der Waals surface area contributed by atoms with E-state index in [-0.39, 0.29) is 6.10 Å². The van der Waals surface area contributed by atoms with E-state index in [1.807, 2.05) is 51.1 Å². The van der Waals surface area contributed by atoms with Gasteiger partial charge in [-0.2, -0.15) is 4.98 Å². The number of nitrogens with one attached hydrogen (secondary N) is 2. The zero-order valence-electron chi connectivity index (χ0n) is 15.8. The van der Waals surface area contributed by atoms with Crippen LogP contribution in [0.15, 0.2) is 30.3 Å². The number of aromatic nitrogens is 2. The second-order valence-electron chi connectivity index (χ2n) is 6.59. The molecule has 1 heterocycles. The van der Waals surface area contributed by atoms with E-state index in [0.29, 0.717) is 5.95 Å². The normalized spacial score (nSPS) is 11.0. The van der Waals surface area contributed by atoms with Gasteiger partial charge in [-0.1, -0.05) is 12.1 Å². The topological polar surface area (TPSA) is 62.3 Å². The molecular formula is C19H29N5O. The maximum absolute atomic E-state index is 5.85. The molecule has 0 saturated carbocycles. The van der Waals surface area contributed by atoms with Crippen LogP contribution in [0.25, 0.3) is 0 Å². The molecule has 2 N–H and O–H groups in total. The first-order valence-corrected chi connectivity index (χ1v) is 8.71. The van der Waals surface area contributed by atoms with Crippen molar-refractivity contribution in [1.29, 1.82) is 0 Å². The number of benzene rings is 1. The lowest BCUT2D eigenvalue weighted by atomic mass is 10.3. The third-order valence-corrected chi connectivity index (χ3v) is 3.43. The van der Waals surface area contributed by atoms with E-state index in [2.05, 4.69) is 39.6 Å². The van der Waals surface area contributed by atoms with E-state index >= 15 is 0 Å². The lowest BCUT2D eigenvalue weighted by Gasteiger charge is -2.16. The number of para-hydroxylation sites is 2. The Balaban J connectivity index is 2.07. The number of aryl methyl sites for hydroxylation is 1. The minimum absolute atomic E-state index is 0.115. The quantitative estimate of drug-likeness (QED) is 0.677. The summed E-state index contributed by atoms with van der Waals surface area (Å²) in [5.74, 6) is 2.21. The number of hydrogen-bond acceptors (Lipinski definition) is 6. The first kappa shape index (κ1) is 19.0. The molecule has 0 unspecified atom stereocenters. The van der Waals surface area contributed by atoms with Gasteiger partial charge in [-0.15, -0.1) is 0 Å². The fourth-order valence-corrected chi connectivity index (χ4v) is 2.37. The molecule has 0 fully saturated rings. The minimum Gasteiger partial charge on any atom is -0.489 e. The lowest BCUT2D eigenvalue weighted by molar-refractivity contribution is 0.244. The Morgan fingerprint density at radius 1 is 1.16 bits per heavy atom. The summed E-state index contributed by atoms with van der Waals surface area (Å²) < 4.78 is 5.85. The first-order chi connectivity index (χ1) is 11.9. The SMILES string of the molecule is Cc1cc(Nc2ccccc2OC(C)C)nc(NCCCN(C)C)n1. The van der Waals surface area contributed by atoms with E-state index in [4.69, 9.17) is 4.74 Å². The standard InChI is InChI=1S/C19H29N5O/c1-14(2)25-17-10-7-6-9-16(17)22-18-13-15(3)21-19(23-18)20-11-8-12-24(4)5/h6-7,9-10,13-14H,8,11-12H2,1-5H3,(H2,20,21,22,23). The molecular weight excluding hydrogens is 314 g/mol. The molecule has 0 bridgehead atoms. The van der Waals surface area contributed by atoms with Gasteiger partial charge in [0.25, 0.3) is 0 Å². The molecule has 0 atom stereocenters. The third kappa shape index (κ3) is 6.58. The molecule has 1 aromatic carbocycles. The molecule has 0 aliphatic carbocycles. The summed E-state index contributed by atoms with van der Waals surface area (Å²) in [6, 6.07) is 9.81. The van der Waals surface area contributed by atoms with Crippen molar-refractivity contribution in [1.82, 2.24) is 14.9 Å². The number of nitrogens with zero attached hydrogens (tertiary/aromatic N) is 3. The molecule has 0 saturated heterocycles. The van der Waals surface area contributed by atoms with Crippen molar-refractivity contribution in [3.8, 4) is 5.75 Å². The van der Waals surface area contributed by atoms with Gasteiger partial charge >= 0.3 is 0 Å². The van der Waals surface area contributed by atoms with Crippen LogP contribution in [-0.4, -0.2) is 48.2 Å². The van der Waals surface area contributed by atoms with Gasteiger partial charge in [0.1, 0.15) is 11.6 Å². The molecule has 0 aliphatic heterocycles. The van der Waals surface area contributed by atoms with Crippen LogP contribution in [0.3, 0.4) is 0 Å². The average molecular weight is 343 g/mol. The largest absolute Gasteiger partial charge is 0.489 e. The summed E-state index contributed by atoms with van der Waals surface area (Å²) in [5, 5.41) is 6.64. The van der Waals surface area contributed by atoms with Crippen LogP contribution in [0.2, 0.25) is 0 Å². The summed E-state index contributed by atoms with van der Waals surface area (Å²) in [4.78, 5) is 11.2. The van der Waals surface area contributed by atoms with Gasteiger partial charge in [0.15, 0.2) is 0 Å². The van der Waals surface area contributed by atoms with Crippen LogP contribution in [0.5, 0.6) is 5.75 Å². The number of rotatable bonds is 9. The fourth-order valence-electron chi connectivity index (χ4n) is 2.37. The second-order valence-corrected chi connectivity index (χ2v) is 6.59. The Morgan fingerprint density at radius 2 is 1.92 bits per heavy atom. The Kier molecular flexibility index (Phi) is 7.01. The molecule has 136 valence electrons. The molecule has 0 aliphatic rings. The Labute approximate surface area is 150 Å². The molecule has 2 rings (SSSR count). The van der Waals surface area contributed by atoms with E-state index in [9.17, 15) is 0 Å². The van der Waals surface area contributed by atoms with Crippen LogP contribution in [0, 0.1) is 6.92 Å². The molecule has 0 radical (unpaired) electrons. The van der Waals surface area contributed by atoms with Crippen molar-refractivity contribution in [3.63, 3.8) is 0 Å². The Morgan fingerprint density at radius 3 is 2.64 bits per heavy atom. The van der Waals surface area contributed by atoms with Crippen molar-refractivity contribution >= 4 is 17.5 Å². The van der Waals surface area contributed by atoms with Crippen molar-refractivity contribution in [3.05, 3.63) is 36.0 Å². The van der Waals surface area contributed by atoms with E-state index in [0.717, 1.165) is 42.5 Å². The molecule has 6 nitrogen and oxygen atoms in total. The number of ether oxygens (including phenoxy) is 1. The second kappa shape index (κ2) is 9.22. The molecule has 0 amide bonds. The maximum Gasteiger partial charge on any atom is 0.224 e. The van der Waals surface area contributed by atoms with Gasteiger partial charge in [-0.05, 0) is 60.0 Å². The fraction of sp³-hybridized carbons (Fsp3) is 0.474. The molecule has 0 spiro atoms. The highest BCUT2D eigenvalue weighted by Gasteiger charge is 2.08. The Bertz CT molecular complexity index is 673. The van der Waals surface area contributed by atoms with Gasteiger partial charge in [0.05, 0.1) is 11.8 Å². The van der Waals surface area contributed by atoms with Gasteiger partial charge in [-0.25, -0.2) is 4.98 Å². The summed E-state index contributed by atoms with van der Waals surface area (Å²) in [6.45, 7) is 7.87. The smallest absolute Gasteiger partial charge is 0.224 e. The van der Waals surface area contributed by atoms with Crippen LogP contribution >= 0.6 is 0 Å². The van der Waals surface area contributed by atoms with E-state index in [1.54, 1.807) is 0 Å². The van der Waals surface area contributed by atoms with Gasteiger partial charge in [0, 0.05) is 18.3 Å². The minimum atomic E-state index is 0.115. The van der Waals surface area contributed by atoms with Gasteiger partial charge in [0.2, 0.25) is 5.95 Å². The maximum atomic E-state index is 5.85. The van der Waals surface area contributed by atoms with Crippen molar-refractivity contribution in [2.24, 2.45) is 0 Å². The monoisotopic (exact) mass is 343 g/mol. The third-order valence-electron chi connectivity index (χ3n) is 3.43. The molecule has 2 aromatic rings. The highest BCUT2D eigenvalue weighted by Crippen LogP contribution is 2.28. The highest BCUT2D eigenvalue weighted by atomic mass is 16.5. The summed E-state index contributed by atoms with van der Waals surface area (Å²) in [6.07, 6.45) is 1.15. The molecule has 25 heavy (non-hydrogen) atoms. The molecule has 1 aromatic heterocycles. The zero-order chi connectivity index (χ0) is 18.2. The summed E-state index contributed by atoms with van der Waals surface area (Å²) in [7, 11) is 4.14. The average Bonchev–Trinajstić information content (AvgIpc) is 2.52. The van der Waals surface area contributed by atoms with Crippen LogP contribution in [0.1, 0.15) is 26.0 Å². The first-order valence-electron chi connectivity index (χ1n) is 8.71. The van der Waals surface area contributed by atoms with Crippen molar-refractivity contribution < 1.29 is 4.74 Å². The highest BCUT2D eigenvalue weighted by molar-refractivity contribution is 5.64.